The molecule has 0 unspecified atom stereocenters. The Morgan fingerprint density at radius 3 is 2.62 bits per heavy atom. The summed E-state index contributed by atoms with van der Waals surface area (Å²) in [6, 6.07) is 4.87. The van der Waals surface area contributed by atoms with Crippen LogP contribution in [-0.2, 0) is 0 Å². The van der Waals surface area contributed by atoms with Crippen LogP contribution in [0.4, 0.5) is 4.39 Å². The van der Waals surface area contributed by atoms with Crippen molar-refractivity contribution in [2.24, 2.45) is 5.10 Å². The van der Waals surface area contributed by atoms with Crippen molar-refractivity contribution in [3.05, 3.63) is 75.7 Å². The first kappa shape index (κ1) is 25.7. The van der Waals surface area contributed by atoms with Crippen molar-refractivity contribution in [3.63, 3.8) is 0 Å². The number of carbonyl (C=O) groups excluding carboxylic acids is 1. The van der Waals surface area contributed by atoms with E-state index in [1.807, 2.05) is 44.1 Å². The summed E-state index contributed by atoms with van der Waals surface area (Å²) in [5, 5.41) is 6.26. The average Bonchev–Trinajstić information content (AvgIpc) is 2.79. The van der Waals surface area contributed by atoms with Gasteiger partial charge in [0.25, 0.3) is 5.91 Å². The predicted molar refractivity (Wildman–Crippen MR) is 135 cm³/mol. The van der Waals surface area contributed by atoms with Crippen molar-refractivity contribution in [1.82, 2.24) is 14.8 Å². The van der Waals surface area contributed by atoms with E-state index in [4.69, 9.17) is 0 Å². The molecule has 0 saturated heterocycles. The van der Waals surface area contributed by atoms with Gasteiger partial charge in [-0.15, -0.1) is 0 Å². The van der Waals surface area contributed by atoms with E-state index in [0.717, 1.165) is 52.9 Å². The topological polar surface area (TPSA) is 39.2 Å². The van der Waals surface area contributed by atoms with E-state index < -0.39 is 5.82 Å². The zero-order valence-corrected chi connectivity index (χ0v) is 21.1. The van der Waals surface area contributed by atoms with Gasteiger partial charge in [0.1, 0.15) is 5.82 Å². The van der Waals surface area contributed by atoms with Crippen molar-refractivity contribution in [3.8, 4) is 0 Å². The van der Waals surface area contributed by atoms with Crippen molar-refractivity contribution in [1.29, 1.82) is 0 Å². The molecule has 172 valence electrons. The Hall–Kier alpha value is -2.51. The number of carbonyl (C=O) groups is 1. The summed E-state index contributed by atoms with van der Waals surface area (Å²) >= 11 is 3.50. The summed E-state index contributed by atoms with van der Waals surface area (Å²) in [5.41, 5.74) is 3.98. The predicted octanol–water partition coefficient (Wildman–Crippen LogP) is 5.29. The van der Waals surface area contributed by atoms with Gasteiger partial charge in [-0.3, -0.25) is 14.7 Å². The normalized spacial score (nSPS) is 21.0. The molecule has 1 amide bonds. The molecule has 3 rings (SSSR count). The Morgan fingerprint density at radius 1 is 1.31 bits per heavy atom. The molecule has 1 aromatic rings. The Bertz CT molecular complexity index is 978. The lowest BCUT2D eigenvalue weighted by Crippen LogP contribution is -2.33. The van der Waals surface area contributed by atoms with Gasteiger partial charge in [-0.2, -0.15) is 5.10 Å². The van der Waals surface area contributed by atoms with Gasteiger partial charge in [-0.25, -0.2) is 4.39 Å². The van der Waals surface area contributed by atoms with Crippen LogP contribution in [0.3, 0.4) is 0 Å². The number of likely N-dealkylation sites (N-methyl/N-ethyl adjacent to an activating group) is 1. The monoisotopic (exact) mass is 502 g/mol. The van der Waals surface area contributed by atoms with E-state index in [0.29, 0.717) is 0 Å². The smallest absolute Gasteiger partial charge is 0.256 e. The van der Waals surface area contributed by atoms with E-state index in [1.54, 1.807) is 26.4 Å². The Kier molecular flexibility index (Phi) is 9.60. The summed E-state index contributed by atoms with van der Waals surface area (Å²) in [6.07, 6.45) is 8.59. The van der Waals surface area contributed by atoms with Crippen LogP contribution < -0.4 is 0 Å². The Labute approximate surface area is 199 Å². The summed E-state index contributed by atoms with van der Waals surface area (Å²) in [5.74, 6) is -0.809. The summed E-state index contributed by atoms with van der Waals surface area (Å²) < 4.78 is 15.4. The Morgan fingerprint density at radius 2 is 2.03 bits per heavy atom. The molecule has 0 bridgehead atoms. The number of hydrazone groups is 1. The Balaban J connectivity index is 0.00000176. The van der Waals surface area contributed by atoms with Gasteiger partial charge in [-0.1, -0.05) is 48.5 Å². The number of halogens is 2. The third-order valence-corrected chi connectivity index (χ3v) is 5.95. The molecule has 0 aromatic heterocycles. The highest BCUT2D eigenvalue weighted by atomic mass is 79.9. The molecular formula is C25H32BrFN4O. The zero-order valence-electron chi connectivity index (χ0n) is 19.5. The fourth-order valence-corrected chi connectivity index (χ4v) is 3.60. The molecule has 0 fully saturated rings. The maximum atomic E-state index is 14.5. The van der Waals surface area contributed by atoms with Crippen molar-refractivity contribution in [2.45, 2.75) is 20.3 Å². The van der Waals surface area contributed by atoms with E-state index in [1.165, 1.54) is 11.0 Å². The molecule has 0 aliphatic carbocycles. The van der Waals surface area contributed by atoms with Crippen molar-refractivity contribution < 1.29 is 9.18 Å². The maximum Gasteiger partial charge on any atom is 0.256 e. The summed E-state index contributed by atoms with van der Waals surface area (Å²) in [6.45, 7) is 10.4. The highest BCUT2D eigenvalue weighted by Gasteiger charge is 2.19. The molecular weight excluding hydrogens is 471 g/mol. The van der Waals surface area contributed by atoms with Gasteiger partial charge >= 0.3 is 0 Å². The van der Waals surface area contributed by atoms with Crippen LogP contribution in [0.2, 0.25) is 0 Å². The van der Waals surface area contributed by atoms with Gasteiger partial charge in [0.2, 0.25) is 0 Å². The molecule has 2 aliphatic rings. The minimum absolute atomic E-state index is 0.0991. The molecule has 0 spiro atoms. The van der Waals surface area contributed by atoms with Crippen LogP contribution in [0.5, 0.6) is 0 Å². The third-order valence-electron chi connectivity index (χ3n) is 5.18. The highest BCUT2D eigenvalue weighted by Crippen LogP contribution is 2.26. The molecule has 0 N–H and O–H groups in total. The highest BCUT2D eigenvalue weighted by molar-refractivity contribution is 9.12. The van der Waals surface area contributed by atoms with E-state index in [-0.39, 0.29) is 11.5 Å². The lowest BCUT2D eigenvalue weighted by atomic mass is 9.97. The second-order valence-electron chi connectivity index (χ2n) is 7.57. The minimum Gasteiger partial charge on any atom is -0.345 e. The van der Waals surface area contributed by atoms with E-state index in [2.05, 4.69) is 38.6 Å². The molecule has 2 aliphatic heterocycles. The fraction of sp³-hybridized carbons (Fsp3) is 0.360. The number of nitrogens with zero attached hydrogens (tertiary/aromatic N) is 4. The lowest BCUT2D eigenvalue weighted by Gasteiger charge is -2.30. The van der Waals surface area contributed by atoms with Crippen LogP contribution in [-0.4, -0.2) is 67.7 Å². The quantitative estimate of drug-likeness (QED) is 0.561. The standard InChI is InChI=1S/C23H26BrFN4O.C2H6/c1-16-13-19(28(4)26-10-7-21(16)24)15-29-11-8-17(9-12-29)18-5-6-20(22(25)14-18)23(30)27(2)3;1-2/h5-8,10,13-14H,1,9,11-12,15H2,2-4H3;1-2H3/b19-13-,21-7+,26-10-;. The number of benzene rings is 1. The lowest BCUT2D eigenvalue weighted by molar-refractivity contribution is 0.0823. The largest absolute Gasteiger partial charge is 0.345 e. The van der Waals surface area contributed by atoms with Gasteiger partial charge < -0.3 is 4.90 Å². The van der Waals surface area contributed by atoms with Crippen LogP contribution in [0.1, 0.15) is 36.2 Å². The molecule has 0 radical (unpaired) electrons. The SMILES string of the molecule is C=C1/C=C(/CN2CC=C(c3ccc(C(=O)N(C)C)c(F)c3)CC2)N(C)/N=C\C=C/1Br.CC. The van der Waals surface area contributed by atoms with E-state index >= 15 is 0 Å². The number of amides is 1. The summed E-state index contributed by atoms with van der Waals surface area (Å²) in [7, 11) is 5.16. The maximum absolute atomic E-state index is 14.5. The van der Waals surface area contributed by atoms with Gasteiger partial charge in [0, 0.05) is 51.5 Å². The number of hydrogen-bond donors (Lipinski definition) is 0. The first-order valence-electron chi connectivity index (χ1n) is 10.7. The molecule has 0 atom stereocenters. The zero-order chi connectivity index (χ0) is 23.8. The molecule has 1 aromatic carbocycles. The van der Waals surface area contributed by atoms with Crippen molar-refractivity contribution >= 4 is 33.6 Å². The molecule has 7 heteroatoms. The molecule has 2 heterocycles. The average molecular weight is 503 g/mol. The van der Waals surface area contributed by atoms with Gasteiger partial charge in [-0.05, 0) is 47.4 Å². The number of rotatable bonds is 4. The second kappa shape index (κ2) is 11.9. The fourth-order valence-electron chi connectivity index (χ4n) is 3.37. The molecule has 32 heavy (non-hydrogen) atoms. The minimum atomic E-state index is -0.481. The first-order chi connectivity index (χ1) is 15.3. The van der Waals surface area contributed by atoms with Crippen LogP contribution >= 0.6 is 15.9 Å². The summed E-state index contributed by atoms with van der Waals surface area (Å²) in [4.78, 5) is 15.7. The number of allylic oxidation sites excluding steroid dienone is 4. The first-order valence-corrected chi connectivity index (χ1v) is 11.5. The molecule has 0 saturated carbocycles. The van der Waals surface area contributed by atoms with Gasteiger partial charge in [0.05, 0.1) is 11.3 Å². The van der Waals surface area contributed by atoms with Crippen LogP contribution in [0.15, 0.2) is 63.9 Å². The number of hydrogen-bond acceptors (Lipinski definition) is 4. The molecule has 5 nitrogen and oxygen atoms in total. The third kappa shape index (κ3) is 6.50. The second-order valence-corrected chi connectivity index (χ2v) is 8.43. The van der Waals surface area contributed by atoms with Crippen LogP contribution in [0, 0.1) is 5.82 Å². The van der Waals surface area contributed by atoms with Crippen LogP contribution in [0.25, 0.3) is 5.57 Å². The van der Waals surface area contributed by atoms with E-state index in [9.17, 15) is 9.18 Å². The van der Waals surface area contributed by atoms with Crippen molar-refractivity contribution in [2.75, 3.05) is 40.8 Å². The van der Waals surface area contributed by atoms with Gasteiger partial charge in [0.15, 0.2) is 0 Å².